The van der Waals surface area contributed by atoms with Gasteiger partial charge in [0.25, 0.3) is 0 Å². The first-order valence-corrected chi connectivity index (χ1v) is 12.1. The number of nitrogens with zero attached hydrogens (tertiary/aromatic N) is 3. The summed E-state index contributed by atoms with van der Waals surface area (Å²) >= 11 is 2.88. The molecule has 1 fully saturated rings. The predicted octanol–water partition coefficient (Wildman–Crippen LogP) is 3.55. The van der Waals surface area contributed by atoms with Crippen molar-refractivity contribution in [3.63, 3.8) is 0 Å². The number of amides is 2. The summed E-state index contributed by atoms with van der Waals surface area (Å²) in [4.78, 5) is 25.0. The van der Waals surface area contributed by atoms with Crippen molar-refractivity contribution in [2.45, 2.75) is 43.9 Å². The first kappa shape index (κ1) is 21.6. The van der Waals surface area contributed by atoms with E-state index in [0.717, 1.165) is 23.3 Å². The van der Waals surface area contributed by atoms with Crippen molar-refractivity contribution < 1.29 is 9.59 Å². The molecule has 0 radical (unpaired) electrons. The Balaban J connectivity index is 1.43. The summed E-state index contributed by atoms with van der Waals surface area (Å²) in [6.45, 7) is 2.44. The van der Waals surface area contributed by atoms with Gasteiger partial charge >= 0.3 is 0 Å². The van der Waals surface area contributed by atoms with Crippen LogP contribution in [0.1, 0.15) is 36.4 Å². The molecule has 31 heavy (non-hydrogen) atoms. The molecule has 162 valence electrons. The Morgan fingerprint density at radius 1 is 1.26 bits per heavy atom. The molecule has 0 aliphatic heterocycles. The van der Waals surface area contributed by atoms with Gasteiger partial charge in [0, 0.05) is 13.0 Å². The lowest BCUT2D eigenvalue weighted by atomic mass is 10.0. The van der Waals surface area contributed by atoms with E-state index in [0.29, 0.717) is 23.4 Å². The van der Waals surface area contributed by atoms with Crippen LogP contribution < -0.4 is 11.1 Å². The van der Waals surface area contributed by atoms with Crippen LogP contribution in [-0.4, -0.2) is 32.3 Å². The minimum atomic E-state index is -0.384. The van der Waals surface area contributed by atoms with Crippen molar-refractivity contribution in [3.8, 4) is 10.7 Å². The van der Waals surface area contributed by atoms with Crippen molar-refractivity contribution in [3.05, 3.63) is 52.9 Å². The van der Waals surface area contributed by atoms with Crippen molar-refractivity contribution in [1.29, 1.82) is 0 Å². The number of carbonyl (C=O) groups is 2. The maximum absolute atomic E-state index is 12.8. The Bertz CT molecular complexity index is 1040. The van der Waals surface area contributed by atoms with Crippen LogP contribution in [0.3, 0.4) is 0 Å². The van der Waals surface area contributed by atoms with E-state index in [-0.39, 0.29) is 30.0 Å². The highest BCUT2D eigenvalue weighted by atomic mass is 32.2. The molecular formula is C22H25N5O2S2. The quantitative estimate of drug-likeness (QED) is 0.455. The van der Waals surface area contributed by atoms with Gasteiger partial charge in [-0.05, 0) is 42.7 Å². The van der Waals surface area contributed by atoms with E-state index in [4.69, 9.17) is 5.73 Å². The highest BCUT2D eigenvalue weighted by Crippen LogP contribution is 2.41. The van der Waals surface area contributed by atoms with Gasteiger partial charge in [0.15, 0.2) is 11.0 Å². The van der Waals surface area contributed by atoms with Crippen LogP contribution >= 0.6 is 23.1 Å². The lowest BCUT2D eigenvalue weighted by molar-refractivity contribution is -0.119. The largest absolute Gasteiger partial charge is 0.370 e. The van der Waals surface area contributed by atoms with Crippen LogP contribution in [0.4, 0.5) is 0 Å². The fourth-order valence-corrected chi connectivity index (χ4v) is 4.92. The second-order valence-electron chi connectivity index (χ2n) is 7.73. The molecule has 9 heteroatoms. The number of benzene rings is 1. The minimum Gasteiger partial charge on any atom is -0.370 e. The number of aryl methyl sites for hydroxylation is 1. The lowest BCUT2D eigenvalue weighted by Gasteiger charge is -2.19. The van der Waals surface area contributed by atoms with Crippen LogP contribution in [0, 0.1) is 12.8 Å². The molecule has 2 heterocycles. The summed E-state index contributed by atoms with van der Waals surface area (Å²) in [6.07, 6.45) is 2.46. The van der Waals surface area contributed by atoms with E-state index in [1.807, 2.05) is 22.1 Å². The van der Waals surface area contributed by atoms with Crippen LogP contribution in [0.5, 0.6) is 0 Å². The Hall–Kier alpha value is -2.65. The molecule has 1 aliphatic rings. The summed E-state index contributed by atoms with van der Waals surface area (Å²) in [6, 6.07) is 12.3. The molecule has 3 aromatic rings. The van der Waals surface area contributed by atoms with Crippen LogP contribution in [-0.2, 0) is 16.1 Å². The summed E-state index contributed by atoms with van der Waals surface area (Å²) < 4.78 is 1.87. The number of thiophene rings is 1. The Kier molecular flexibility index (Phi) is 6.72. The first-order chi connectivity index (χ1) is 15.0. The molecule has 2 aromatic heterocycles. The van der Waals surface area contributed by atoms with E-state index < -0.39 is 0 Å². The summed E-state index contributed by atoms with van der Waals surface area (Å²) in [5, 5.41) is 14.3. The molecule has 0 saturated heterocycles. The Labute approximate surface area is 189 Å². The molecule has 7 nitrogen and oxygen atoms in total. The number of aromatic nitrogens is 3. The van der Waals surface area contributed by atoms with Gasteiger partial charge in [0.1, 0.15) is 0 Å². The maximum Gasteiger partial charge on any atom is 0.230 e. The zero-order chi connectivity index (χ0) is 21.8. The number of primary amides is 1. The molecule has 0 bridgehead atoms. The lowest BCUT2D eigenvalue weighted by Crippen LogP contribution is -2.31. The number of thioether (sulfide) groups is 1. The average molecular weight is 456 g/mol. The van der Waals surface area contributed by atoms with Gasteiger partial charge in [-0.3, -0.25) is 9.59 Å². The third kappa shape index (κ3) is 5.54. The number of hydrogen-bond acceptors (Lipinski definition) is 6. The fourth-order valence-electron chi connectivity index (χ4n) is 3.43. The summed E-state index contributed by atoms with van der Waals surface area (Å²) in [7, 11) is 0. The molecule has 4 rings (SSSR count). The van der Waals surface area contributed by atoms with Crippen LogP contribution in [0.2, 0.25) is 0 Å². The molecule has 1 aromatic carbocycles. The highest BCUT2D eigenvalue weighted by Gasteiger charge is 2.33. The molecule has 1 saturated carbocycles. The monoisotopic (exact) mass is 455 g/mol. The van der Waals surface area contributed by atoms with Crippen LogP contribution in [0.15, 0.2) is 46.9 Å². The van der Waals surface area contributed by atoms with Crippen molar-refractivity contribution in [2.24, 2.45) is 11.7 Å². The SMILES string of the molecule is Cc1ccc([C@@H](NC(=O)CSc2nnc(-c3cccs3)n2CCC(N)=O)C2CC2)cc1. The average Bonchev–Trinajstić information content (AvgIpc) is 3.28. The van der Waals surface area contributed by atoms with Crippen molar-refractivity contribution in [1.82, 2.24) is 20.1 Å². The number of nitrogens with two attached hydrogens (primary N) is 1. The summed E-state index contributed by atoms with van der Waals surface area (Å²) in [5.74, 6) is 0.999. The van der Waals surface area contributed by atoms with Gasteiger partial charge in [-0.15, -0.1) is 21.5 Å². The normalized spacial score (nSPS) is 14.4. The maximum atomic E-state index is 12.8. The van der Waals surface area contributed by atoms with Gasteiger partial charge in [0.2, 0.25) is 11.8 Å². The van der Waals surface area contributed by atoms with Crippen molar-refractivity contribution >= 4 is 34.9 Å². The molecule has 0 spiro atoms. The van der Waals surface area contributed by atoms with Gasteiger partial charge in [-0.2, -0.15) is 0 Å². The number of hydrogen-bond donors (Lipinski definition) is 2. The van der Waals surface area contributed by atoms with E-state index in [1.54, 1.807) is 11.3 Å². The zero-order valence-corrected chi connectivity index (χ0v) is 18.9. The van der Waals surface area contributed by atoms with Gasteiger partial charge in [-0.25, -0.2) is 0 Å². The molecular weight excluding hydrogens is 430 g/mol. The Morgan fingerprint density at radius 3 is 2.68 bits per heavy atom. The molecule has 3 N–H and O–H groups in total. The molecule has 2 amide bonds. The van der Waals surface area contributed by atoms with Gasteiger partial charge < -0.3 is 15.6 Å². The van der Waals surface area contributed by atoms with Gasteiger partial charge in [0.05, 0.1) is 16.7 Å². The topological polar surface area (TPSA) is 103 Å². The third-order valence-electron chi connectivity index (χ3n) is 5.22. The van der Waals surface area contributed by atoms with E-state index in [9.17, 15) is 9.59 Å². The third-order valence-corrected chi connectivity index (χ3v) is 7.05. The second kappa shape index (κ2) is 9.65. The van der Waals surface area contributed by atoms with E-state index >= 15 is 0 Å². The number of carbonyl (C=O) groups excluding carboxylic acids is 2. The standard InChI is InChI=1S/C22H25N5O2S2/c1-14-4-6-15(7-5-14)20(16-8-9-16)24-19(29)13-31-22-26-25-21(17-3-2-12-30-17)27(22)11-10-18(23)28/h2-7,12,16,20H,8-11,13H2,1H3,(H2,23,28)(H,24,29)/t20-/m1/s1. The molecule has 0 unspecified atom stereocenters. The van der Waals surface area contributed by atoms with E-state index in [1.165, 1.54) is 17.3 Å². The summed E-state index contributed by atoms with van der Waals surface area (Å²) in [5.41, 5.74) is 7.70. The highest BCUT2D eigenvalue weighted by molar-refractivity contribution is 7.99. The smallest absolute Gasteiger partial charge is 0.230 e. The predicted molar refractivity (Wildman–Crippen MR) is 123 cm³/mol. The first-order valence-electron chi connectivity index (χ1n) is 10.3. The van der Waals surface area contributed by atoms with E-state index in [2.05, 4.69) is 46.7 Å². The molecule has 1 aliphatic carbocycles. The van der Waals surface area contributed by atoms with Gasteiger partial charge in [-0.1, -0.05) is 47.7 Å². The second-order valence-corrected chi connectivity index (χ2v) is 9.62. The van der Waals surface area contributed by atoms with Crippen LogP contribution in [0.25, 0.3) is 10.7 Å². The zero-order valence-electron chi connectivity index (χ0n) is 17.3. The number of nitrogens with one attached hydrogen (secondary N) is 1. The fraction of sp³-hybridized carbons (Fsp3) is 0.364. The molecule has 1 atom stereocenters. The number of rotatable bonds is 10. The minimum absolute atomic E-state index is 0.0374. The van der Waals surface area contributed by atoms with Crippen molar-refractivity contribution in [2.75, 3.05) is 5.75 Å². The Morgan fingerprint density at radius 2 is 2.03 bits per heavy atom.